The van der Waals surface area contributed by atoms with Crippen LogP contribution in [0.15, 0.2) is 12.2 Å². The Kier molecular flexibility index (Phi) is 5.23. The Bertz CT molecular complexity index is 633. The van der Waals surface area contributed by atoms with Gasteiger partial charge in [-0.1, -0.05) is 12.2 Å². The molecule has 0 aromatic carbocycles. The molecule has 1 aliphatic carbocycles. The van der Waals surface area contributed by atoms with Gasteiger partial charge < -0.3 is 10.0 Å². The summed E-state index contributed by atoms with van der Waals surface area (Å²) in [7, 11) is 1.74. The maximum absolute atomic E-state index is 12.7. The Morgan fingerprint density at radius 3 is 2.43 bits per heavy atom. The largest absolute Gasteiger partial charge is 0.481 e. The van der Waals surface area contributed by atoms with E-state index in [0.29, 0.717) is 19.4 Å². The van der Waals surface area contributed by atoms with Crippen molar-refractivity contribution in [1.29, 1.82) is 0 Å². The SMILES string of the molecule is CCn1nc(C)c(CN(C)C(=O)[C@@H]2CC=CC[C@H]2C(=O)O)c1C. The molecule has 2 rings (SSSR count). The third-order valence-corrected chi connectivity index (χ3v) is 4.67. The molecule has 0 fully saturated rings. The number of aliphatic carboxylic acids is 1. The van der Waals surface area contributed by atoms with E-state index in [0.717, 1.165) is 23.5 Å². The molecule has 0 saturated heterocycles. The van der Waals surface area contributed by atoms with Crippen molar-refractivity contribution in [2.75, 3.05) is 7.05 Å². The zero-order chi connectivity index (χ0) is 17.1. The average molecular weight is 319 g/mol. The van der Waals surface area contributed by atoms with E-state index in [4.69, 9.17) is 0 Å². The predicted molar refractivity (Wildman–Crippen MR) is 86.8 cm³/mol. The van der Waals surface area contributed by atoms with Crippen LogP contribution < -0.4 is 0 Å². The van der Waals surface area contributed by atoms with Crippen molar-refractivity contribution in [3.63, 3.8) is 0 Å². The van der Waals surface area contributed by atoms with Crippen LogP contribution in [0.5, 0.6) is 0 Å². The number of allylic oxidation sites excluding steroid dienone is 2. The number of carbonyl (C=O) groups is 2. The van der Waals surface area contributed by atoms with Crippen LogP contribution in [0.4, 0.5) is 0 Å². The first-order valence-corrected chi connectivity index (χ1v) is 8.02. The number of rotatable bonds is 5. The molecule has 2 atom stereocenters. The Morgan fingerprint density at radius 1 is 1.30 bits per heavy atom. The molecular weight excluding hydrogens is 294 g/mol. The number of hydrogen-bond acceptors (Lipinski definition) is 3. The lowest BCUT2D eigenvalue weighted by molar-refractivity contribution is -0.150. The second kappa shape index (κ2) is 6.98. The normalized spacial score (nSPS) is 20.5. The summed E-state index contributed by atoms with van der Waals surface area (Å²) in [4.78, 5) is 25.7. The minimum Gasteiger partial charge on any atom is -0.481 e. The Hall–Kier alpha value is -2.11. The van der Waals surface area contributed by atoms with Crippen molar-refractivity contribution in [1.82, 2.24) is 14.7 Å². The lowest BCUT2D eigenvalue weighted by Gasteiger charge is -2.28. The fourth-order valence-corrected chi connectivity index (χ4v) is 3.23. The Balaban J connectivity index is 2.15. The fourth-order valence-electron chi connectivity index (χ4n) is 3.23. The number of hydrogen-bond donors (Lipinski definition) is 1. The standard InChI is InChI=1S/C17H25N3O3/c1-5-20-12(3)15(11(2)18-20)10-19(4)16(21)13-8-6-7-9-14(13)17(22)23/h6-7,13-14H,5,8-10H2,1-4H3,(H,22,23)/t13-,14-/m1/s1. The highest BCUT2D eigenvalue weighted by Gasteiger charge is 2.35. The molecule has 6 nitrogen and oxygen atoms in total. The number of carbonyl (C=O) groups excluding carboxylic acids is 1. The smallest absolute Gasteiger partial charge is 0.307 e. The summed E-state index contributed by atoms with van der Waals surface area (Å²) >= 11 is 0. The van der Waals surface area contributed by atoms with Crippen molar-refractivity contribution in [2.45, 2.75) is 46.7 Å². The molecule has 23 heavy (non-hydrogen) atoms. The van der Waals surface area contributed by atoms with E-state index in [2.05, 4.69) is 5.10 Å². The summed E-state index contributed by atoms with van der Waals surface area (Å²) in [5.41, 5.74) is 3.02. The molecule has 1 aliphatic rings. The zero-order valence-electron chi connectivity index (χ0n) is 14.2. The molecule has 0 saturated carbocycles. The lowest BCUT2D eigenvalue weighted by atomic mass is 9.82. The van der Waals surface area contributed by atoms with Crippen molar-refractivity contribution < 1.29 is 14.7 Å². The van der Waals surface area contributed by atoms with Crippen LogP contribution in [-0.2, 0) is 22.7 Å². The number of amides is 1. The van der Waals surface area contributed by atoms with Gasteiger partial charge in [0.15, 0.2) is 0 Å². The Morgan fingerprint density at radius 2 is 1.91 bits per heavy atom. The lowest BCUT2D eigenvalue weighted by Crippen LogP contribution is -2.39. The number of nitrogens with zero attached hydrogens (tertiary/aromatic N) is 3. The predicted octanol–water partition coefficient (Wildman–Crippen LogP) is 2.15. The highest BCUT2D eigenvalue weighted by molar-refractivity contribution is 5.85. The molecule has 126 valence electrons. The molecule has 1 aromatic rings. The van der Waals surface area contributed by atoms with Crippen LogP contribution in [0.25, 0.3) is 0 Å². The Labute approximate surface area is 136 Å². The van der Waals surface area contributed by atoms with Gasteiger partial charge in [-0.05, 0) is 33.6 Å². The van der Waals surface area contributed by atoms with E-state index in [-0.39, 0.29) is 5.91 Å². The van der Waals surface area contributed by atoms with Gasteiger partial charge in [-0.3, -0.25) is 14.3 Å². The number of carboxylic acid groups (broad SMARTS) is 1. The molecule has 1 amide bonds. The van der Waals surface area contributed by atoms with Crippen LogP contribution in [0.1, 0.15) is 36.7 Å². The molecule has 0 unspecified atom stereocenters. The number of carboxylic acids is 1. The quantitative estimate of drug-likeness (QED) is 0.844. The summed E-state index contributed by atoms with van der Waals surface area (Å²) in [6.07, 6.45) is 4.67. The van der Waals surface area contributed by atoms with Crippen LogP contribution >= 0.6 is 0 Å². The molecule has 1 N–H and O–H groups in total. The van der Waals surface area contributed by atoms with Crippen molar-refractivity contribution in [3.8, 4) is 0 Å². The average Bonchev–Trinajstić information content (AvgIpc) is 2.81. The van der Waals surface area contributed by atoms with E-state index in [1.165, 1.54) is 0 Å². The minimum absolute atomic E-state index is 0.107. The van der Waals surface area contributed by atoms with Gasteiger partial charge in [0.25, 0.3) is 0 Å². The fraction of sp³-hybridized carbons (Fsp3) is 0.588. The van der Waals surface area contributed by atoms with Gasteiger partial charge in [-0.15, -0.1) is 0 Å². The number of aryl methyl sites for hydroxylation is 2. The first kappa shape index (κ1) is 17.2. The second-order valence-electron chi connectivity index (χ2n) is 6.15. The summed E-state index contributed by atoms with van der Waals surface area (Å²) in [6.45, 7) is 7.22. The monoisotopic (exact) mass is 319 g/mol. The minimum atomic E-state index is -0.896. The zero-order valence-corrected chi connectivity index (χ0v) is 14.2. The molecular formula is C17H25N3O3. The van der Waals surface area contributed by atoms with E-state index in [1.807, 2.05) is 37.6 Å². The maximum Gasteiger partial charge on any atom is 0.307 e. The van der Waals surface area contributed by atoms with Crippen molar-refractivity contribution in [3.05, 3.63) is 29.1 Å². The highest BCUT2D eigenvalue weighted by Crippen LogP contribution is 2.28. The van der Waals surface area contributed by atoms with Crippen LogP contribution in [0.2, 0.25) is 0 Å². The van der Waals surface area contributed by atoms with E-state index < -0.39 is 17.8 Å². The van der Waals surface area contributed by atoms with Crippen molar-refractivity contribution >= 4 is 11.9 Å². The third kappa shape index (κ3) is 3.46. The van der Waals surface area contributed by atoms with Gasteiger partial charge in [0.05, 0.1) is 17.5 Å². The first-order chi connectivity index (χ1) is 10.9. The van der Waals surface area contributed by atoms with Gasteiger partial charge in [0, 0.05) is 31.4 Å². The molecule has 0 radical (unpaired) electrons. The van der Waals surface area contributed by atoms with E-state index >= 15 is 0 Å². The second-order valence-corrected chi connectivity index (χ2v) is 6.15. The summed E-state index contributed by atoms with van der Waals surface area (Å²) in [6, 6.07) is 0. The van der Waals surface area contributed by atoms with Crippen LogP contribution in [0.3, 0.4) is 0 Å². The third-order valence-electron chi connectivity index (χ3n) is 4.67. The molecule has 0 spiro atoms. The van der Waals surface area contributed by atoms with Crippen molar-refractivity contribution in [2.24, 2.45) is 11.8 Å². The van der Waals surface area contributed by atoms with E-state index in [9.17, 15) is 14.7 Å². The maximum atomic E-state index is 12.7. The summed E-state index contributed by atoms with van der Waals surface area (Å²) < 4.78 is 1.92. The molecule has 6 heteroatoms. The molecule has 0 aliphatic heterocycles. The van der Waals surface area contributed by atoms with Gasteiger partial charge in [-0.25, -0.2) is 0 Å². The summed E-state index contributed by atoms with van der Waals surface area (Å²) in [5.74, 6) is -2.11. The molecule has 1 heterocycles. The number of aromatic nitrogens is 2. The van der Waals surface area contributed by atoms with Crippen LogP contribution in [0, 0.1) is 25.7 Å². The van der Waals surface area contributed by atoms with E-state index in [1.54, 1.807) is 11.9 Å². The van der Waals surface area contributed by atoms with Gasteiger partial charge in [0.1, 0.15) is 0 Å². The summed E-state index contributed by atoms with van der Waals surface area (Å²) in [5, 5.41) is 13.8. The topological polar surface area (TPSA) is 75.4 Å². The molecule has 0 bridgehead atoms. The van der Waals surface area contributed by atoms with Crippen LogP contribution in [-0.4, -0.2) is 38.7 Å². The highest BCUT2D eigenvalue weighted by atomic mass is 16.4. The van der Waals surface area contributed by atoms with Gasteiger partial charge in [0.2, 0.25) is 5.91 Å². The van der Waals surface area contributed by atoms with Gasteiger partial charge >= 0.3 is 5.97 Å². The molecule has 1 aromatic heterocycles. The first-order valence-electron chi connectivity index (χ1n) is 8.02. The van der Waals surface area contributed by atoms with Gasteiger partial charge in [-0.2, -0.15) is 5.10 Å².